The van der Waals surface area contributed by atoms with E-state index in [0.717, 1.165) is 22.5 Å². The number of nitrogens with one attached hydrogen (secondary N) is 2. The van der Waals surface area contributed by atoms with Crippen molar-refractivity contribution in [3.05, 3.63) is 11.4 Å². The van der Waals surface area contributed by atoms with E-state index in [1.807, 2.05) is 7.05 Å². The van der Waals surface area contributed by atoms with E-state index in [-0.39, 0.29) is 0 Å². The predicted octanol–water partition coefficient (Wildman–Crippen LogP) is 3.72. The Morgan fingerprint density at radius 1 is 1.33 bits per heavy atom. The van der Waals surface area contributed by atoms with Gasteiger partial charge in [0.05, 0.1) is 5.39 Å². The molecule has 2 heterocycles. The second-order valence-electron chi connectivity index (χ2n) is 4.32. The van der Waals surface area contributed by atoms with E-state index >= 15 is 0 Å². The summed E-state index contributed by atoms with van der Waals surface area (Å²) >= 11 is 1.65. The molecule has 2 rings (SSSR count). The first kappa shape index (κ1) is 13.1. The van der Waals surface area contributed by atoms with Crippen molar-refractivity contribution in [2.45, 2.75) is 39.2 Å². The Balaban J connectivity index is 2.32. The van der Waals surface area contributed by atoms with Crippen LogP contribution >= 0.6 is 11.3 Å². The lowest BCUT2D eigenvalue weighted by atomic mass is 10.1. The molecule has 0 aromatic carbocycles. The molecule has 4 nitrogen and oxygen atoms in total. The molecule has 2 aromatic heterocycles. The van der Waals surface area contributed by atoms with Crippen molar-refractivity contribution in [3.8, 4) is 0 Å². The number of hydrogen-bond donors (Lipinski definition) is 2. The Morgan fingerprint density at radius 3 is 2.83 bits per heavy atom. The molecule has 18 heavy (non-hydrogen) atoms. The summed E-state index contributed by atoms with van der Waals surface area (Å²) in [5.41, 5.74) is 0. The van der Waals surface area contributed by atoms with Gasteiger partial charge in [0.25, 0.3) is 0 Å². The third-order valence-electron chi connectivity index (χ3n) is 3.02. The highest BCUT2D eigenvalue weighted by Crippen LogP contribution is 2.27. The van der Waals surface area contributed by atoms with Crippen LogP contribution in [0.15, 0.2) is 11.4 Å². The minimum Gasteiger partial charge on any atom is -0.367 e. The molecule has 1 unspecified atom stereocenters. The fraction of sp³-hybridized carbons (Fsp3) is 0.538. The zero-order valence-corrected chi connectivity index (χ0v) is 12.0. The number of fused-ring (bicyclic) bond motifs is 1. The van der Waals surface area contributed by atoms with Crippen molar-refractivity contribution < 1.29 is 0 Å². The summed E-state index contributed by atoms with van der Waals surface area (Å²) < 4.78 is 0. The third kappa shape index (κ3) is 2.72. The SMILES string of the molecule is CCCC(CC)Nc1nc(NC)nc2sccc12. The van der Waals surface area contributed by atoms with E-state index in [1.165, 1.54) is 12.8 Å². The van der Waals surface area contributed by atoms with Gasteiger partial charge in [-0.3, -0.25) is 0 Å². The molecule has 0 amide bonds. The van der Waals surface area contributed by atoms with Crippen LogP contribution < -0.4 is 10.6 Å². The van der Waals surface area contributed by atoms with Crippen LogP contribution in [-0.2, 0) is 0 Å². The van der Waals surface area contributed by atoms with Crippen molar-refractivity contribution in [1.29, 1.82) is 0 Å². The van der Waals surface area contributed by atoms with E-state index in [0.29, 0.717) is 12.0 Å². The van der Waals surface area contributed by atoms with Crippen molar-refractivity contribution in [2.75, 3.05) is 17.7 Å². The highest BCUT2D eigenvalue weighted by atomic mass is 32.1. The largest absolute Gasteiger partial charge is 0.367 e. The van der Waals surface area contributed by atoms with E-state index in [4.69, 9.17) is 0 Å². The Bertz CT molecular complexity index is 509. The van der Waals surface area contributed by atoms with Crippen LogP contribution in [-0.4, -0.2) is 23.1 Å². The van der Waals surface area contributed by atoms with Crippen LogP contribution in [0.1, 0.15) is 33.1 Å². The maximum absolute atomic E-state index is 4.53. The van der Waals surface area contributed by atoms with Gasteiger partial charge in [0.1, 0.15) is 10.6 Å². The Kier molecular flexibility index (Phi) is 4.36. The molecule has 0 bridgehead atoms. The molecule has 0 aliphatic rings. The van der Waals surface area contributed by atoms with Crippen molar-refractivity contribution in [3.63, 3.8) is 0 Å². The number of thiophene rings is 1. The molecule has 5 heteroatoms. The second-order valence-corrected chi connectivity index (χ2v) is 5.22. The minimum absolute atomic E-state index is 0.484. The van der Waals surface area contributed by atoms with Gasteiger partial charge in [0.2, 0.25) is 5.95 Å². The number of anilines is 2. The number of nitrogens with zero attached hydrogens (tertiary/aromatic N) is 2. The number of rotatable bonds is 6. The normalized spacial score (nSPS) is 12.6. The van der Waals surface area contributed by atoms with Crippen LogP contribution in [0.5, 0.6) is 0 Å². The first-order valence-electron chi connectivity index (χ1n) is 6.48. The van der Waals surface area contributed by atoms with E-state index in [2.05, 4.69) is 45.9 Å². The van der Waals surface area contributed by atoms with Gasteiger partial charge in [-0.1, -0.05) is 20.3 Å². The average molecular weight is 264 g/mol. The Labute approximate surface area is 112 Å². The number of aromatic nitrogens is 2. The summed E-state index contributed by atoms with van der Waals surface area (Å²) in [6, 6.07) is 2.57. The van der Waals surface area contributed by atoms with Gasteiger partial charge in [0.15, 0.2) is 0 Å². The van der Waals surface area contributed by atoms with Crippen LogP contribution in [0.25, 0.3) is 10.2 Å². The second kappa shape index (κ2) is 6.00. The molecule has 0 saturated carbocycles. The van der Waals surface area contributed by atoms with Crippen LogP contribution in [0, 0.1) is 0 Å². The lowest BCUT2D eigenvalue weighted by Gasteiger charge is -2.17. The molecule has 0 saturated heterocycles. The highest BCUT2D eigenvalue weighted by molar-refractivity contribution is 7.16. The van der Waals surface area contributed by atoms with Crippen LogP contribution in [0.3, 0.4) is 0 Å². The summed E-state index contributed by atoms with van der Waals surface area (Å²) in [5, 5.41) is 9.75. The molecule has 1 atom stereocenters. The monoisotopic (exact) mass is 264 g/mol. The van der Waals surface area contributed by atoms with Crippen molar-refractivity contribution in [1.82, 2.24) is 9.97 Å². The fourth-order valence-corrected chi connectivity index (χ4v) is 2.76. The van der Waals surface area contributed by atoms with Crippen molar-refractivity contribution in [2.24, 2.45) is 0 Å². The first-order chi connectivity index (χ1) is 8.78. The van der Waals surface area contributed by atoms with Gasteiger partial charge in [-0.2, -0.15) is 4.98 Å². The lowest BCUT2D eigenvalue weighted by molar-refractivity contribution is 0.621. The predicted molar refractivity (Wildman–Crippen MR) is 79.6 cm³/mol. The van der Waals surface area contributed by atoms with E-state index in [1.54, 1.807) is 11.3 Å². The van der Waals surface area contributed by atoms with Crippen molar-refractivity contribution >= 4 is 33.3 Å². The Hall–Kier alpha value is -1.36. The van der Waals surface area contributed by atoms with Gasteiger partial charge in [0, 0.05) is 13.1 Å². The van der Waals surface area contributed by atoms with E-state index < -0.39 is 0 Å². The molecule has 0 radical (unpaired) electrons. The van der Waals surface area contributed by atoms with Gasteiger partial charge in [-0.05, 0) is 24.3 Å². The minimum atomic E-state index is 0.484. The molecule has 0 aliphatic heterocycles. The summed E-state index contributed by atoms with van der Waals surface area (Å²) in [5.74, 6) is 1.63. The molecule has 0 spiro atoms. The fourth-order valence-electron chi connectivity index (χ4n) is 2.00. The lowest BCUT2D eigenvalue weighted by Crippen LogP contribution is -2.19. The van der Waals surface area contributed by atoms with Gasteiger partial charge >= 0.3 is 0 Å². The maximum atomic E-state index is 4.53. The summed E-state index contributed by atoms with van der Waals surface area (Å²) in [4.78, 5) is 10.0. The zero-order valence-electron chi connectivity index (χ0n) is 11.2. The molecular formula is C13H20N4S. The molecule has 98 valence electrons. The summed E-state index contributed by atoms with van der Waals surface area (Å²) in [6.07, 6.45) is 3.46. The third-order valence-corrected chi connectivity index (χ3v) is 3.83. The van der Waals surface area contributed by atoms with Gasteiger partial charge in [-0.25, -0.2) is 4.98 Å². The molecule has 0 aliphatic carbocycles. The van der Waals surface area contributed by atoms with E-state index in [9.17, 15) is 0 Å². The summed E-state index contributed by atoms with van der Waals surface area (Å²) in [7, 11) is 1.85. The number of hydrogen-bond acceptors (Lipinski definition) is 5. The Morgan fingerprint density at radius 2 is 2.17 bits per heavy atom. The quantitative estimate of drug-likeness (QED) is 0.835. The summed E-state index contributed by atoms with van der Waals surface area (Å²) in [6.45, 7) is 4.42. The highest BCUT2D eigenvalue weighted by Gasteiger charge is 2.11. The average Bonchev–Trinajstić information content (AvgIpc) is 2.86. The standard InChI is InChI=1S/C13H20N4S/c1-4-6-9(5-2)15-11-10-7-8-18-12(10)17-13(14-3)16-11/h7-9H,4-6H2,1-3H3,(H2,14,15,16,17). The van der Waals surface area contributed by atoms with Crippen LogP contribution in [0.4, 0.5) is 11.8 Å². The smallest absolute Gasteiger partial charge is 0.225 e. The topological polar surface area (TPSA) is 49.8 Å². The maximum Gasteiger partial charge on any atom is 0.225 e. The molecular weight excluding hydrogens is 244 g/mol. The van der Waals surface area contributed by atoms with Gasteiger partial charge < -0.3 is 10.6 Å². The first-order valence-corrected chi connectivity index (χ1v) is 7.36. The molecule has 2 aromatic rings. The van der Waals surface area contributed by atoms with Crippen LogP contribution in [0.2, 0.25) is 0 Å². The molecule has 0 fully saturated rings. The zero-order chi connectivity index (χ0) is 13.0. The van der Waals surface area contributed by atoms with Gasteiger partial charge in [-0.15, -0.1) is 11.3 Å². The molecule has 2 N–H and O–H groups in total.